The normalized spacial score (nSPS) is 14.8. The van der Waals surface area contributed by atoms with Gasteiger partial charge in [0, 0.05) is 36.9 Å². The van der Waals surface area contributed by atoms with E-state index in [0.29, 0.717) is 0 Å². The van der Waals surface area contributed by atoms with Crippen LogP contribution in [0.5, 0.6) is 0 Å². The molecule has 0 saturated heterocycles. The molecule has 0 radical (unpaired) electrons. The summed E-state index contributed by atoms with van der Waals surface area (Å²) in [6.07, 6.45) is 3.90. The summed E-state index contributed by atoms with van der Waals surface area (Å²) in [7, 11) is 0. The average molecular weight is 228 g/mol. The molecule has 2 N–H and O–H groups in total. The van der Waals surface area contributed by atoms with Gasteiger partial charge in [-0.3, -0.25) is 0 Å². The van der Waals surface area contributed by atoms with Crippen LogP contribution in [-0.4, -0.2) is 16.1 Å². The minimum absolute atomic E-state index is 0.828. The van der Waals surface area contributed by atoms with E-state index in [-0.39, 0.29) is 0 Å². The monoisotopic (exact) mass is 228 g/mol. The first-order valence-electron chi connectivity index (χ1n) is 5.84. The number of benzene rings is 1. The van der Waals surface area contributed by atoms with E-state index < -0.39 is 0 Å². The fraction of sp³-hybridized carbons (Fsp3) is 0.308. The van der Waals surface area contributed by atoms with Crippen molar-refractivity contribution < 1.29 is 0 Å². The van der Waals surface area contributed by atoms with Gasteiger partial charge in [-0.05, 0) is 30.7 Å². The van der Waals surface area contributed by atoms with Gasteiger partial charge in [0.15, 0.2) is 0 Å². The van der Waals surface area contributed by atoms with Gasteiger partial charge in [-0.25, -0.2) is 4.98 Å². The highest BCUT2D eigenvalue weighted by Crippen LogP contribution is 2.23. The van der Waals surface area contributed by atoms with Crippen LogP contribution in [0, 0.1) is 6.92 Å². The molecular weight excluding hydrogens is 212 g/mol. The topological polar surface area (TPSA) is 47.1 Å². The third-order valence-electron chi connectivity index (χ3n) is 3.19. The summed E-state index contributed by atoms with van der Waals surface area (Å²) in [5.41, 5.74) is 9.12. The second-order valence-electron chi connectivity index (χ2n) is 4.56. The summed E-state index contributed by atoms with van der Waals surface area (Å²) in [5, 5.41) is 0. The number of rotatable bonds is 1. The molecular formula is C13H16N4. The average Bonchev–Trinajstić information content (AvgIpc) is 2.74. The summed E-state index contributed by atoms with van der Waals surface area (Å²) >= 11 is 0. The van der Waals surface area contributed by atoms with Gasteiger partial charge in [0.25, 0.3) is 0 Å². The van der Waals surface area contributed by atoms with Crippen LogP contribution in [0.3, 0.4) is 0 Å². The van der Waals surface area contributed by atoms with Crippen molar-refractivity contribution in [2.45, 2.75) is 20.0 Å². The van der Waals surface area contributed by atoms with E-state index >= 15 is 0 Å². The van der Waals surface area contributed by atoms with Gasteiger partial charge in [-0.15, -0.1) is 0 Å². The molecule has 4 heteroatoms. The van der Waals surface area contributed by atoms with Gasteiger partial charge in [-0.2, -0.15) is 0 Å². The van der Waals surface area contributed by atoms with E-state index in [9.17, 15) is 0 Å². The van der Waals surface area contributed by atoms with E-state index in [0.717, 1.165) is 31.1 Å². The van der Waals surface area contributed by atoms with E-state index in [4.69, 9.17) is 5.73 Å². The molecule has 0 unspecified atom stereocenters. The Morgan fingerprint density at radius 2 is 2.12 bits per heavy atom. The van der Waals surface area contributed by atoms with Crippen molar-refractivity contribution in [3.8, 4) is 0 Å². The molecule has 0 amide bonds. The number of nitrogens with zero attached hydrogens (tertiary/aromatic N) is 3. The Balaban J connectivity index is 1.91. The summed E-state index contributed by atoms with van der Waals surface area (Å²) < 4.78 is 2.20. The Morgan fingerprint density at radius 3 is 2.94 bits per heavy atom. The molecule has 0 fully saturated rings. The minimum Gasteiger partial charge on any atom is -0.399 e. The van der Waals surface area contributed by atoms with Crippen LogP contribution in [0.2, 0.25) is 0 Å². The van der Waals surface area contributed by atoms with Crippen molar-refractivity contribution >= 4 is 11.4 Å². The highest BCUT2D eigenvalue weighted by molar-refractivity contribution is 5.58. The molecule has 4 nitrogen and oxygen atoms in total. The van der Waals surface area contributed by atoms with Crippen molar-refractivity contribution in [2.24, 2.45) is 0 Å². The minimum atomic E-state index is 0.828. The Hall–Kier alpha value is -1.97. The highest BCUT2D eigenvalue weighted by atomic mass is 15.2. The second kappa shape index (κ2) is 3.80. The number of hydrogen-bond acceptors (Lipinski definition) is 3. The molecule has 2 heterocycles. The fourth-order valence-electron chi connectivity index (χ4n) is 2.37. The molecule has 0 spiro atoms. The van der Waals surface area contributed by atoms with Crippen LogP contribution in [0.15, 0.2) is 30.6 Å². The van der Waals surface area contributed by atoms with Gasteiger partial charge in [0.1, 0.15) is 5.82 Å². The maximum absolute atomic E-state index is 5.89. The van der Waals surface area contributed by atoms with Crippen LogP contribution in [0.25, 0.3) is 0 Å². The lowest BCUT2D eigenvalue weighted by Crippen LogP contribution is -2.33. The lowest BCUT2D eigenvalue weighted by Gasteiger charge is -2.30. The van der Waals surface area contributed by atoms with Crippen LogP contribution < -0.4 is 10.6 Å². The highest BCUT2D eigenvalue weighted by Gasteiger charge is 2.17. The van der Waals surface area contributed by atoms with Gasteiger partial charge < -0.3 is 15.2 Å². The molecule has 88 valence electrons. The Kier molecular flexibility index (Phi) is 2.28. The zero-order valence-electron chi connectivity index (χ0n) is 9.93. The third-order valence-corrected chi connectivity index (χ3v) is 3.19. The number of aryl methyl sites for hydroxylation is 1. The Bertz CT molecular complexity index is 524. The van der Waals surface area contributed by atoms with E-state index in [1.807, 2.05) is 24.5 Å². The maximum atomic E-state index is 5.89. The number of hydrogen-bond donors (Lipinski definition) is 1. The molecule has 2 aromatic rings. The number of aromatic nitrogens is 2. The standard InChI is InChI=1S/C13H16N4/c1-10-6-11(14)8-12(7-10)17-5-4-16-3-2-15-13(16)9-17/h2-3,6-8H,4-5,9,14H2,1H3. The predicted molar refractivity (Wildman–Crippen MR) is 68.9 cm³/mol. The van der Waals surface area contributed by atoms with Gasteiger partial charge in [0.05, 0.1) is 6.54 Å². The van der Waals surface area contributed by atoms with Gasteiger partial charge in [0.2, 0.25) is 0 Å². The van der Waals surface area contributed by atoms with Crippen molar-refractivity contribution in [1.82, 2.24) is 9.55 Å². The van der Waals surface area contributed by atoms with Crippen LogP contribution in [-0.2, 0) is 13.1 Å². The molecule has 0 aliphatic carbocycles. The van der Waals surface area contributed by atoms with Crippen molar-refractivity contribution in [1.29, 1.82) is 0 Å². The second-order valence-corrected chi connectivity index (χ2v) is 4.56. The number of fused-ring (bicyclic) bond motifs is 1. The quantitative estimate of drug-likeness (QED) is 0.757. The molecule has 1 aliphatic rings. The predicted octanol–water partition coefficient (Wildman–Crippen LogP) is 1.79. The number of nitrogens with two attached hydrogens (primary N) is 1. The SMILES string of the molecule is Cc1cc(N)cc(N2CCn3ccnc3C2)c1. The third kappa shape index (κ3) is 1.86. The molecule has 0 atom stereocenters. The summed E-state index contributed by atoms with van der Waals surface area (Å²) in [6.45, 7) is 4.93. The molecule has 3 rings (SSSR count). The Labute approximate surface area is 101 Å². The summed E-state index contributed by atoms with van der Waals surface area (Å²) in [4.78, 5) is 6.69. The van der Waals surface area contributed by atoms with Gasteiger partial charge in [-0.1, -0.05) is 0 Å². The summed E-state index contributed by atoms with van der Waals surface area (Å²) in [5.74, 6) is 1.12. The Morgan fingerprint density at radius 1 is 1.24 bits per heavy atom. The number of anilines is 2. The molecule has 1 aromatic carbocycles. The van der Waals surface area contributed by atoms with Gasteiger partial charge >= 0.3 is 0 Å². The number of nitrogen functional groups attached to an aromatic ring is 1. The molecule has 0 saturated carbocycles. The van der Waals surface area contributed by atoms with E-state index in [2.05, 4.69) is 27.4 Å². The first kappa shape index (κ1) is 10.2. The number of imidazole rings is 1. The van der Waals surface area contributed by atoms with Crippen molar-refractivity contribution in [3.05, 3.63) is 42.0 Å². The molecule has 1 aliphatic heterocycles. The maximum Gasteiger partial charge on any atom is 0.128 e. The van der Waals surface area contributed by atoms with Crippen molar-refractivity contribution in [3.63, 3.8) is 0 Å². The lowest BCUT2D eigenvalue weighted by atomic mass is 10.1. The van der Waals surface area contributed by atoms with Crippen LogP contribution in [0.4, 0.5) is 11.4 Å². The van der Waals surface area contributed by atoms with Crippen LogP contribution >= 0.6 is 0 Å². The van der Waals surface area contributed by atoms with E-state index in [1.165, 1.54) is 11.3 Å². The van der Waals surface area contributed by atoms with Crippen LogP contribution in [0.1, 0.15) is 11.4 Å². The van der Waals surface area contributed by atoms with E-state index in [1.54, 1.807) is 0 Å². The first-order chi connectivity index (χ1) is 8.22. The molecule has 17 heavy (non-hydrogen) atoms. The molecule has 0 bridgehead atoms. The fourth-order valence-corrected chi connectivity index (χ4v) is 2.37. The largest absolute Gasteiger partial charge is 0.399 e. The van der Waals surface area contributed by atoms with Crippen molar-refractivity contribution in [2.75, 3.05) is 17.2 Å². The summed E-state index contributed by atoms with van der Waals surface area (Å²) in [6, 6.07) is 6.20. The molecule has 1 aromatic heterocycles. The lowest BCUT2D eigenvalue weighted by molar-refractivity contribution is 0.560. The first-order valence-corrected chi connectivity index (χ1v) is 5.84. The smallest absolute Gasteiger partial charge is 0.128 e. The zero-order valence-corrected chi connectivity index (χ0v) is 9.93. The zero-order chi connectivity index (χ0) is 11.8.